The maximum Gasteiger partial charge on any atom is 0.278 e. The first-order chi connectivity index (χ1) is 10.1. The normalized spacial score (nSPS) is 10.7. The minimum atomic E-state index is -0.420. The predicted molar refractivity (Wildman–Crippen MR) is 74.8 cm³/mol. The summed E-state index contributed by atoms with van der Waals surface area (Å²) in [4.78, 5) is 18.9. The largest absolute Gasteiger partial charge is 0.376 e. The topological polar surface area (TPSA) is 107 Å². The van der Waals surface area contributed by atoms with Crippen LogP contribution in [0.5, 0.6) is 0 Å². The molecule has 0 aliphatic heterocycles. The van der Waals surface area contributed by atoms with E-state index in [4.69, 9.17) is 4.52 Å². The van der Waals surface area contributed by atoms with Gasteiger partial charge in [-0.25, -0.2) is 0 Å². The number of nitro benzene ring substituents is 1. The number of fused-ring (bicyclic) bond motifs is 1. The van der Waals surface area contributed by atoms with E-state index in [2.05, 4.69) is 20.4 Å². The van der Waals surface area contributed by atoms with Gasteiger partial charge in [0.25, 0.3) is 5.69 Å². The summed E-state index contributed by atoms with van der Waals surface area (Å²) >= 11 is 0. The molecule has 8 heteroatoms. The summed E-state index contributed by atoms with van der Waals surface area (Å²) in [6, 6.07) is 6.42. The highest BCUT2D eigenvalue weighted by Gasteiger charge is 2.15. The van der Waals surface area contributed by atoms with Gasteiger partial charge in [0.1, 0.15) is 5.52 Å². The molecule has 0 bridgehead atoms. The molecule has 0 saturated heterocycles. The Morgan fingerprint density at radius 1 is 1.38 bits per heavy atom. The smallest absolute Gasteiger partial charge is 0.278 e. The average Bonchev–Trinajstić information content (AvgIpc) is 2.90. The van der Waals surface area contributed by atoms with Crippen molar-refractivity contribution in [2.45, 2.75) is 13.5 Å². The second-order valence-corrected chi connectivity index (χ2v) is 4.37. The van der Waals surface area contributed by atoms with Crippen LogP contribution in [-0.4, -0.2) is 20.0 Å². The molecule has 0 aliphatic rings. The van der Waals surface area contributed by atoms with Crippen LogP contribution >= 0.6 is 0 Å². The SMILES string of the molecule is Cc1nc(CNc2ccc([N+](=O)[O-])c3cccnc23)no1. The third-order valence-corrected chi connectivity index (χ3v) is 2.95. The number of hydrogen-bond acceptors (Lipinski definition) is 7. The lowest BCUT2D eigenvalue weighted by Gasteiger charge is -2.07. The first-order valence-corrected chi connectivity index (χ1v) is 6.20. The Hall–Kier alpha value is -3.03. The standard InChI is InChI=1S/C13H11N5O3/c1-8-16-12(17-21-8)7-15-10-4-5-11(18(19)20)9-3-2-6-14-13(9)10/h2-6,15H,7H2,1H3. The first-order valence-electron chi connectivity index (χ1n) is 6.20. The molecule has 1 N–H and O–H groups in total. The van der Waals surface area contributed by atoms with Crippen molar-refractivity contribution in [3.63, 3.8) is 0 Å². The molecule has 2 aromatic heterocycles. The zero-order valence-corrected chi connectivity index (χ0v) is 11.1. The zero-order valence-electron chi connectivity index (χ0n) is 11.1. The zero-order chi connectivity index (χ0) is 14.8. The highest BCUT2D eigenvalue weighted by atomic mass is 16.6. The van der Waals surface area contributed by atoms with Gasteiger partial charge in [-0.2, -0.15) is 4.98 Å². The molecule has 8 nitrogen and oxygen atoms in total. The van der Waals surface area contributed by atoms with Crippen LogP contribution in [0, 0.1) is 17.0 Å². The van der Waals surface area contributed by atoms with E-state index in [0.29, 0.717) is 34.9 Å². The molecule has 0 spiro atoms. The van der Waals surface area contributed by atoms with E-state index < -0.39 is 4.92 Å². The van der Waals surface area contributed by atoms with Gasteiger partial charge in [0.2, 0.25) is 5.89 Å². The summed E-state index contributed by atoms with van der Waals surface area (Å²) in [6.07, 6.45) is 1.59. The fraction of sp³-hybridized carbons (Fsp3) is 0.154. The van der Waals surface area contributed by atoms with Gasteiger partial charge in [-0.3, -0.25) is 15.1 Å². The Balaban J connectivity index is 1.96. The quantitative estimate of drug-likeness (QED) is 0.579. The van der Waals surface area contributed by atoms with Crippen LogP contribution in [0.3, 0.4) is 0 Å². The molecule has 21 heavy (non-hydrogen) atoms. The van der Waals surface area contributed by atoms with Crippen molar-refractivity contribution in [2.24, 2.45) is 0 Å². The molecule has 0 amide bonds. The number of aromatic nitrogens is 3. The van der Waals surface area contributed by atoms with Gasteiger partial charge in [-0.1, -0.05) is 5.16 Å². The van der Waals surface area contributed by atoms with Gasteiger partial charge < -0.3 is 9.84 Å². The number of nitro groups is 1. The van der Waals surface area contributed by atoms with Gasteiger partial charge in [0, 0.05) is 19.2 Å². The highest BCUT2D eigenvalue weighted by molar-refractivity contribution is 5.96. The van der Waals surface area contributed by atoms with Crippen molar-refractivity contribution in [2.75, 3.05) is 5.32 Å². The molecule has 0 aliphatic carbocycles. The Morgan fingerprint density at radius 3 is 2.95 bits per heavy atom. The van der Waals surface area contributed by atoms with Crippen LogP contribution in [0.1, 0.15) is 11.7 Å². The number of benzene rings is 1. The van der Waals surface area contributed by atoms with Crippen molar-refractivity contribution < 1.29 is 9.45 Å². The number of nitrogens with one attached hydrogen (secondary N) is 1. The molecule has 1 aromatic carbocycles. The molecule has 0 fully saturated rings. The third-order valence-electron chi connectivity index (χ3n) is 2.95. The van der Waals surface area contributed by atoms with Crippen LogP contribution in [0.2, 0.25) is 0 Å². The number of anilines is 1. The van der Waals surface area contributed by atoms with Crippen molar-refractivity contribution >= 4 is 22.3 Å². The summed E-state index contributed by atoms with van der Waals surface area (Å²) in [5.74, 6) is 0.994. The van der Waals surface area contributed by atoms with E-state index in [0.717, 1.165) is 0 Å². The van der Waals surface area contributed by atoms with Gasteiger partial charge in [0.05, 0.1) is 22.5 Å². The Kier molecular flexibility index (Phi) is 3.19. The van der Waals surface area contributed by atoms with Gasteiger partial charge in [-0.15, -0.1) is 0 Å². The molecular formula is C13H11N5O3. The lowest BCUT2D eigenvalue weighted by atomic mass is 10.1. The Labute approximate surface area is 119 Å². The van der Waals surface area contributed by atoms with E-state index in [1.165, 1.54) is 6.07 Å². The van der Waals surface area contributed by atoms with Crippen molar-refractivity contribution in [3.8, 4) is 0 Å². The Bertz CT molecular complexity index is 814. The maximum absolute atomic E-state index is 11.0. The van der Waals surface area contributed by atoms with Gasteiger partial charge in [-0.05, 0) is 18.2 Å². The number of hydrogen-bond donors (Lipinski definition) is 1. The number of rotatable bonds is 4. The van der Waals surface area contributed by atoms with Crippen molar-refractivity contribution in [1.82, 2.24) is 15.1 Å². The molecule has 3 aromatic rings. The first kappa shape index (κ1) is 13.0. The van der Waals surface area contributed by atoms with Gasteiger partial charge in [0.15, 0.2) is 5.82 Å². The monoisotopic (exact) mass is 285 g/mol. The Morgan fingerprint density at radius 2 is 2.24 bits per heavy atom. The number of nitrogens with zero attached hydrogens (tertiary/aromatic N) is 4. The minimum absolute atomic E-state index is 0.0269. The van der Waals surface area contributed by atoms with E-state index in [9.17, 15) is 10.1 Å². The molecular weight excluding hydrogens is 274 g/mol. The molecule has 106 valence electrons. The number of aryl methyl sites for hydroxylation is 1. The lowest BCUT2D eigenvalue weighted by molar-refractivity contribution is -0.383. The average molecular weight is 285 g/mol. The molecule has 2 heterocycles. The molecule has 0 unspecified atom stereocenters. The highest BCUT2D eigenvalue weighted by Crippen LogP contribution is 2.29. The van der Waals surface area contributed by atoms with E-state index in [1.807, 2.05) is 0 Å². The summed E-state index contributed by atoms with van der Waals surface area (Å²) in [6.45, 7) is 2.06. The number of pyridine rings is 1. The van der Waals surface area contributed by atoms with E-state index in [1.54, 1.807) is 31.3 Å². The van der Waals surface area contributed by atoms with Crippen molar-refractivity contribution in [3.05, 3.63) is 52.3 Å². The summed E-state index contributed by atoms with van der Waals surface area (Å²) < 4.78 is 4.88. The summed E-state index contributed by atoms with van der Waals surface area (Å²) in [5.41, 5.74) is 1.24. The molecule has 0 radical (unpaired) electrons. The predicted octanol–water partition coefficient (Wildman–Crippen LogP) is 2.45. The second-order valence-electron chi connectivity index (χ2n) is 4.37. The molecule has 0 atom stereocenters. The maximum atomic E-state index is 11.0. The van der Waals surface area contributed by atoms with E-state index in [-0.39, 0.29) is 5.69 Å². The second kappa shape index (κ2) is 5.16. The van der Waals surface area contributed by atoms with Crippen LogP contribution in [0.4, 0.5) is 11.4 Å². The fourth-order valence-corrected chi connectivity index (χ4v) is 2.05. The summed E-state index contributed by atoms with van der Waals surface area (Å²) in [7, 11) is 0. The van der Waals surface area contributed by atoms with Crippen LogP contribution in [0.15, 0.2) is 35.0 Å². The van der Waals surface area contributed by atoms with Gasteiger partial charge >= 0.3 is 0 Å². The van der Waals surface area contributed by atoms with Crippen LogP contribution < -0.4 is 5.32 Å². The molecule has 0 saturated carbocycles. The van der Waals surface area contributed by atoms with Crippen LogP contribution in [-0.2, 0) is 6.54 Å². The summed E-state index contributed by atoms with van der Waals surface area (Å²) in [5, 5.41) is 18.4. The lowest BCUT2D eigenvalue weighted by Crippen LogP contribution is -2.03. The minimum Gasteiger partial charge on any atom is -0.376 e. The van der Waals surface area contributed by atoms with Crippen LogP contribution in [0.25, 0.3) is 10.9 Å². The third kappa shape index (κ3) is 2.50. The molecule has 3 rings (SSSR count). The fourth-order valence-electron chi connectivity index (χ4n) is 2.05. The number of non-ortho nitro benzene ring substituents is 1. The van der Waals surface area contributed by atoms with E-state index >= 15 is 0 Å². The van der Waals surface area contributed by atoms with Crippen molar-refractivity contribution in [1.29, 1.82) is 0 Å².